The maximum absolute atomic E-state index is 5.50. The summed E-state index contributed by atoms with van der Waals surface area (Å²) >= 11 is 0. The Kier molecular flexibility index (Phi) is 3.69. The van der Waals surface area contributed by atoms with Crippen LogP contribution in [-0.4, -0.2) is 18.6 Å². The highest BCUT2D eigenvalue weighted by molar-refractivity contribution is 5.43. The summed E-state index contributed by atoms with van der Waals surface area (Å²) in [4.78, 5) is 6.50. The minimum Gasteiger partial charge on any atom is -0.373 e. The van der Waals surface area contributed by atoms with Gasteiger partial charge in [-0.15, -0.1) is 0 Å². The first-order chi connectivity index (χ1) is 6.92. The van der Waals surface area contributed by atoms with E-state index in [0.717, 1.165) is 17.9 Å². The lowest BCUT2D eigenvalue weighted by Crippen LogP contribution is -2.29. The first-order valence-corrected chi connectivity index (χ1v) is 5.28. The van der Waals surface area contributed by atoms with Gasteiger partial charge in [0.2, 0.25) is 0 Å². The first-order valence-electron chi connectivity index (χ1n) is 5.28. The number of nitrogens with two attached hydrogens (primary N) is 1. The molecule has 0 unspecified atom stereocenters. The van der Waals surface area contributed by atoms with Crippen molar-refractivity contribution in [1.29, 1.82) is 0 Å². The predicted molar refractivity (Wildman–Crippen MR) is 64.9 cm³/mol. The Morgan fingerprint density at radius 1 is 1.33 bits per heavy atom. The van der Waals surface area contributed by atoms with Crippen LogP contribution in [0.15, 0.2) is 18.3 Å². The van der Waals surface area contributed by atoms with Crippen LogP contribution in [0, 0.1) is 5.41 Å². The normalized spacial score (nSPS) is 11.5. The number of hydrogen-bond donors (Lipinski definition) is 1. The van der Waals surface area contributed by atoms with Crippen molar-refractivity contribution >= 4 is 5.69 Å². The van der Waals surface area contributed by atoms with E-state index in [2.05, 4.69) is 43.8 Å². The molecule has 3 nitrogen and oxygen atoms in total. The van der Waals surface area contributed by atoms with E-state index >= 15 is 0 Å². The van der Waals surface area contributed by atoms with Crippen LogP contribution in [0.5, 0.6) is 0 Å². The van der Waals surface area contributed by atoms with Crippen molar-refractivity contribution in [1.82, 2.24) is 4.98 Å². The Balaban J connectivity index is 2.70. The zero-order chi connectivity index (χ0) is 11.5. The molecular formula is C12H21N3. The number of rotatable bonds is 3. The van der Waals surface area contributed by atoms with E-state index in [4.69, 9.17) is 5.73 Å². The van der Waals surface area contributed by atoms with Gasteiger partial charge in [0.1, 0.15) is 0 Å². The van der Waals surface area contributed by atoms with E-state index in [9.17, 15) is 0 Å². The van der Waals surface area contributed by atoms with Gasteiger partial charge in [-0.3, -0.25) is 4.98 Å². The van der Waals surface area contributed by atoms with Crippen LogP contribution >= 0.6 is 0 Å². The molecule has 1 aromatic heterocycles. The summed E-state index contributed by atoms with van der Waals surface area (Å²) in [7, 11) is 2.09. The molecule has 0 aliphatic rings. The van der Waals surface area contributed by atoms with Crippen molar-refractivity contribution in [2.75, 3.05) is 18.5 Å². The SMILES string of the molecule is CN(CC(C)(C)C)c1ccc(CN)nc1. The summed E-state index contributed by atoms with van der Waals surface area (Å²) in [6.45, 7) is 8.20. The van der Waals surface area contributed by atoms with Crippen molar-refractivity contribution in [3.63, 3.8) is 0 Å². The van der Waals surface area contributed by atoms with Gasteiger partial charge in [0, 0.05) is 20.1 Å². The second-order valence-corrected chi connectivity index (χ2v) is 5.13. The molecule has 0 saturated carbocycles. The summed E-state index contributed by atoms with van der Waals surface area (Å²) in [5.41, 5.74) is 7.87. The summed E-state index contributed by atoms with van der Waals surface area (Å²) in [5.74, 6) is 0. The van der Waals surface area contributed by atoms with Crippen LogP contribution in [0.25, 0.3) is 0 Å². The molecule has 0 spiro atoms. The third-order valence-corrected chi connectivity index (χ3v) is 2.17. The van der Waals surface area contributed by atoms with Gasteiger partial charge in [-0.2, -0.15) is 0 Å². The molecule has 3 heteroatoms. The molecule has 0 radical (unpaired) electrons. The van der Waals surface area contributed by atoms with Crippen molar-refractivity contribution < 1.29 is 0 Å². The maximum Gasteiger partial charge on any atom is 0.0550 e. The fraction of sp³-hybridized carbons (Fsp3) is 0.583. The maximum atomic E-state index is 5.50. The highest BCUT2D eigenvalue weighted by atomic mass is 15.1. The molecule has 84 valence electrons. The molecule has 1 rings (SSSR count). The second kappa shape index (κ2) is 4.62. The summed E-state index contributed by atoms with van der Waals surface area (Å²) in [6, 6.07) is 4.05. The predicted octanol–water partition coefficient (Wildman–Crippen LogP) is 2.02. The van der Waals surface area contributed by atoms with E-state index in [-0.39, 0.29) is 0 Å². The first kappa shape index (κ1) is 12.0. The molecule has 2 N–H and O–H groups in total. The van der Waals surface area contributed by atoms with Crippen molar-refractivity contribution in [3.8, 4) is 0 Å². The molecule has 0 atom stereocenters. The minimum atomic E-state index is 0.293. The number of nitrogens with zero attached hydrogens (tertiary/aromatic N) is 2. The third-order valence-electron chi connectivity index (χ3n) is 2.17. The largest absolute Gasteiger partial charge is 0.373 e. The molecule has 0 aliphatic heterocycles. The molecule has 1 aromatic rings. The second-order valence-electron chi connectivity index (χ2n) is 5.13. The van der Waals surface area contributed by atoms with Gasteiger partial charge in [0.25, 0.3) is 0 Å². The molecule has 0 aliphatic carbocycles. The highest BCUT2D eigenvalue weighted by Crippen LogP contribution is 2.19. The van der Waals surface area contributed by atoms with E-state index in [1.165, 1.54) is 0 Å². The van der Waals surface area contributed by atoms with Gasteiger partial charge >= 0.3 is 0 Å². The Bertz CT molecular complexity index is 298. The zero-order valence-corrected chi connectivity index (χ0v) is 10.1. The van der Waals surface area contributed by atoms with Crippen LogP contribution in [0.2, 0.25) is 0 Å². The number of pyridine rings is 1. The van der Waals surface area contributed by atoms with Gasteiger partial charge in [-0.05, 0) is 17.5 Å². The summed E-state index contributed by atoms with van der Waals surface area (Å²) in [5, 5.41) is 0. The van der Waals surface area contributed by atoms with Crippen LogP contribution in [0.1, 0.15) is 26.5 Å². The summed E-state index contributed by atoms with van der Waals surface area (Å²) < 4.78 is 0. The molecule has 0 saturated heterocycles. The molecule has 1 heterocycles. The number of hydrogen-bond acceptors (Lipinski definition) is 3. The van der Waals surface area contributed by atoms with Gasteiger partial charge in [0.15, 0.2) is 0 Å². The fourth-order valence-electron chi connectivity index (χ4n) is 1.57. The van der Waals surface area contributed by atoms with Crippen LogP contribution in [0.3, 0.4) is 0 Å². The third kappa shape index (κ3) is 3.88. The van der Waals surface area contributed by atoms with Gasteiger partial charge in [-0.25, -0.2) is 0 Å². The van der Waals surface area contributed by atoms with Gasteiger partial charge in [0.05, 0.1) is 17.6 Å². The lowest BCUT2D eigenvalue weighted by atomic mass is 9.96. The summed E-state index contributed by atoms with van der Waals surface area (Å²) in [6.07, 6.45) is 1.88. The Labute approximate surface area is 92.3 Å². The van der Waals surface area contributed by atoms with Gasteiger partial charge < -0.3 is 10.6 Å². The van der Waals surface area contributed by atoms with E-state index in [1.54, 1.807) is 0 Å². The number of anilines is 1. The van der Waals surface area contributed by atoms with E-state index < -0.39 is 0 Å². The fourth-order valence-corrected chi connectivity index (χ4v) is 1.57. The monoisotopic (exact) mass is 207 g/mol. The van der Waals surface area contributed by atoms with E-state index in [0.29, 0.717) is 12.0 Å². The topological polar surface area (TPSA) is 42.1 Å². The standard InChI is InChI=1S/C12H21N3/c1-12(2,3)9-15(4)11-6-5-10(7-13)14-8-11/h5-6,8H,7,9,13H2,1-4H3. The quantitative estimate of drug-likeness (QED) is 0.824. The van der Waals surface area contributed by atoms with Gasteiger partial charge in [-0.1, -0.05) is 20.8 Å². The smallest absolute Gasteiger partial charge is 0.0550 e. The van der Waals surface area contributed by atoms with Crippen LogP contribution in [0.4, 0.5) is 5.69 Å². The van der Waals surface area contributed by atoms with Crippen molar-refractivity contribution in [2.24, 2.45) is 11.1 Å². The number of aromatic nitrogens is 1. The molecular weight excluding hydrogens is 186 g/mol. The average molecular weight is 207 g/mol. The van der Waals surface area contributed by atoms with Crippen LogP contribution < -0.4 is 10.6 Å². The lowest BCUT2D eigenvalue weighted by Gasteiger charge is -2.28. The Morgan fingerprint density at radius 2 is 2.00 bits per heavy atom. The molecule has 0 aromatic carbocycles. The zero-order valence-electron chi connectivity index (χ0n) is 10.1. The lowest BCUT2D eigenvalue weighted by molar-refractivity contribution is 0.419. The average Bonchev–Trinajstić information content (AvgIpc) is 2.15. The molecule has 0 fully saturated rings. The molecule has 15 heavy (non-hydrogen) atoms. The highest BCUT2D eigenvalue weighted by Gasteiger charge is 2.13. The van der Waals surface area contributed by atoms with Crippen molar-refractivity contribution in [2.45, 2.75) is 27.3 Å². The minimum absolute atomic E-state index is 0.293. The molecule has 0 bridgehead atoms. The van der Waals surface area contributed by atoms with Crippen LogP contribution in [-0.2, 0) is 6.54 Å². The van der Waals surface area contributed by atoms with E-state index in [1.807, 2.05) is 12.3 Å². The van der Waals surface area contributed by atoms with Crippen molar-refractivity contribution in [3.05, 3.63) is 24.0 Å². The Hall–Kier alpha value is -1.09. The Morgan fingerprint density at radius 3 is 2.40 bits per heavy atom. The molecule has 0 amide bonds.